The van der Waals surface area contributed by atoms with Gasteiger partial charge >= 0.3 is 0 Å². The molecule has 0 aliphatic carbocycles. The quantitative estimate of drug-likeness (QED) is 0.150. The van der Waals surface area contributed by atoms with Crippen LogP contribution in [0.5, 0.6) is 0 Å². The topological polar surface area (TPSA) is 29.5 Å². The molecule has 0 heterocycles. The van der Waals surface area contributed by atoms with E-state index in [9.17, 15) is 5.11 Å². The zero-order valence-electron chi connectivity index (χ0n) is 22.4. The van der Waals surface area contributed by atoms with Gasteiger partial charge < -0.3 is 9.53 Å². The fourth-order valence-electron chi connectivity index (χ4n) is 5.62. The van der Waals surface area contributed by atoms with Gasteiger partial charge in [0.2, 0.25) is 0 Å². The number of aliphatic hydroxyl groups is 1. The molecular formula is C27H52O2Si2. The standard InChI is InChI=1S/C27H52O2Si2/c1-11-15-16-27(30(12-2,13-3)14-4)18-17-26(19-21-28)20-22-29-31(23(5)6,24(7)8)25(9)10/h18-19,23-25,28H,12-14,16-17,20-22H2,1-10H3/b26-19+,27-18-. The van der Waals surface area contributed by atoms with E-state index in [1.807, 2.05) is 13.0 Å². The summed E-state index contributed by atoms with van der Waals surface area (Å²) < 4.78 is 6.78. The highest BCUT2D eigenvalue weighted by atomic mass is 28.4. The summed E-state index contributed by atoms with van der Waals surface area (Å²) in [6.07, 6.45) is 7.19. The van der Waals surface area contributed by atoms with Crippen molar-refractivity contribution in [2.75, 3.05) is 13.2 Å². The summed E-state index contributed by atoms with van der Waals surface area (Å²) in [6.45, 7) is 23.9. The summed E-state index contributed by atoms with van der Waals surface area (Å²) in [7, 11) is -3.28. The van der Waals surface area contributed by atoms with Crippen molar-refractivity contribution in [1.29, 1.82) is 0 Å². The Kier molecular flexibility index (Phi) is 15.0. The van der Waals surface area contributed by atoms with E-state index in [1.54, 1.807) is 5.20 Å². The molecule has 0 fully saturated rings. The Hall–Kier alpha value is -0.606. The van der Waals surface area contributed by atoms with Crippen molar-refractivity contribution in [3.8, 4) is 11.8 Å². The van der Waals surface area contributed by atoms with Crippen LogP contribution in [0.2, 0.25) is 34.8 Å². The van der Waals surface area contributed by atoms with Gasteiger partial charge in [-0.05, 0) is 36.4 Å². The molecule has 180 valence electrons. The Morgan fingerprint density at radius 3 is 1.81 bits per heavy atom. The predicted octanol–water partition coefficient (Wildman–Crippen LogP) is 8.26. The molecule has 2 nitrogen and oxygen atoms in total. The fourth-order valence-corrected chi connectivity index (χ4v) is 14.9. The second-order valence-corrected chi connectivity index (χ2v) is 20.6. The second-order valence-electron chi connectivity index (χ2n) is 9.84. The van der Waals surface area contributed by atoms with Crippen molar-refractivity contribution >= 4 is 16.4 Å². The number of allylic oxidation sites excluding steroid dienone is 2. The third-order valence-corrected chi connectivity index (χ3v) is 19.6. The van der Waals surface area contributed by atoms with Crippen LogP contribution in [0.25, 0.3) is 0 Å². The van der Waals surface area contributed by atoms with Crippen LogP contribution >= 0.6 is 0 Å². The Bertz CT molecular complexity index is 587. The number of aliphatic hydroxyl groups excluding tert-OH is 1. The predicted molar refractivity (Wildman–Crippen MR) is 145 cm³/mol. The Balaban J connectivity index is 5.56. The van der Waals surface area contributed by atoms with Crippen LogP contribution in [-0.2, 0) is 4.43 Å². The van der Waals surface area contributed by atoms with E-state index in [1.165, 1.54) is 23.7 Å². The molecule has 0 aliphatic rings. The van der Waals surface area contributed by atoms with Crippen molar-refractivity contribution in [2.45, 2.75) is 123 Å². The minimum atomic E-state index is -1.84. The second kappa shape index (κ2) is 15.3. The summed E-state index contributed by atoms with van der Waals surface area (Å²) in [6, 6.07) is 3.85. The molecule has 0 saturated carbocycles. The molecule has 1 N–H and O–H groups in total. The molecule has 0 aromatic heterocycles. The van der Waals surface area contributed by atoms with Gasteiger partial charge in [-0.25, -0.2) is 0 Å². The maximum absolute atomic E-state index is 9.62. The highest BCUT2D eigenvalue weighted by Crippen LogP contribution is 2.42. The minimum Gasteiger partial charge on any atom is -0.416 e. The van der Waals surface area contributed by atoms with Gasteiger partial charge in [0, 0.05) is 13.0 Å². The summed E-state index contributed by atoms with van der Waals surface area (Å²) in [5.74, 6) is 6.44. The molecule has 0 aromatic rings. The molecule has 0 spiro atoms. The van der Waals surface area contributed by atoms with Gasteiger partial charge in [-0.1, -0.05) is 109 Å². The third kappa shape index (κ3) is 8.35. The van der Waals surface area contributed by atoms with Crippen molar-refractivity contribution in [1.82, 2.24) is 0 Å². The van der Waals surface area contributed by atoms with Gasteiger partial charge in [0.05, 0.1) is 14.7 Å². The molecule has 4 heteroatoms. The highest BCUT2D eigenvalue weighted by Gasteiger charge is 2.44. The van der Waals surface area contributed by atoms with E-state index in [0.717, 1.165) is 25.9 Å². The molecule has 0 unspecified atom stereocenters. The van der Waals surface area contributed by atoms with Crippen molar-refractivity contribution in [3.05, 3.63) is 22.9 Å². The fraction of sp³-hybridized carbons (Fsp3) is 0.778. The zero-order valence-corrected chi connectivity index (χ0v) is 24.4. The van der Waals surface area contributed by atoms with E-state index in [0.29, 0.717) is 16.6 Å². The van der Waals surface area contributed by atoms with Crippen LogP contribution in [-0.4, -0.2) is 34.7 Å². The molecule has 0 radical (unpaired) electrons. The van der Waals surface area contributed by atoms with Gasteiger partial charge in [-0.3, -0.25) is 0 Å². The lowest BCUT2D eigenvalue weighted by molar-refractivity contribution is 0.279. The van der Waals surface area contributed by atoms with Crippen LogP contribution in [0.1, 0.15) is 88.5 Å². The number of hydrogen-bond acceptors (Lipinski definition) is 2. The largest absolute Gasteiger partial charge is 0.416 e. The summed E-state index contributed by atoms with van der Waals surface area (Å²) in [5.41, 5.74) is 3.10. The maximum Gasteiger partial charge on any atom is 0.200 e. The van der Waals surface area contributed by atoms with E-state index >= 15 is 0 Å². The maximum atomic E-state index is 9.62. The zero-order chi connectivity index (χ0) is 24.1. The molecule has 0 bridgehead atoms. The van der Waals surface area contributed by atoms with Gasteiger partial charge in [-0.15, -0.1) is 5.92 Å². The monoisotopic (exact) mass is 464 g/mol. The highest BCUT2D eigenvalue weighted by molar-refractivity contribution is 6.86. The lowest BCUT2D eigenvalue weighted by Crippen LogP contribution is -2.48. The molecule has 0 atom stereocenters. The normalized spacial score (nSPS) is 13.9. The Labute approximate surface area is 197 Å². The van der Waals surface area contributed by atoms with Crippen molar-refractivity contribution < 1.29 is 9.53 Å². The van der Waals surface area contributed by atoms with E-state index in [-0.39, 0.29) is 6.61 Å². The number of hydrogen-bond donors (Lipinski definition) is 1. The first-order valence-corrected chi connectivity index (χ1v) is 17.4. The Morgan fingerprint density at radius 2 is 1.42 bits per heavy atom. The minimum absolute atomic E-state index is 0.103. The smallest absolute Gasteiger partial charge is 0.200 e. The SMILES string of the molecule is CC#CC/C(=C/C/C(=C\CO)CCO[Si](C(C)C)(C(C)C)C(C)C)[Si](CC)(CC)CC. The lowest BCUT2D eigenvalue weighted by Gasteiger charge is -2.42. The molecule has 0 saturated heterocycles. The van der Waals surface area contributed by atoms with Gasteiger partial charge in [0.1, 0.15) is 0 Å². The Morgan fingerprint density at radius 1 is 0.903 bits per heavy atom. The molecule has 0 amide bonds. The van der Waals surface area contributed by atoms with Crippen molar-refractivity contribution in [3.63, 3.8) is 0 Å². The molecule has 0 aliphatic heterocycles. The van der Waals surface area contributed by atoms with E-state index < -0.39 is 16.4 Å². The van der Waals surface area contributed by atoms with Crippen LogP contribution in [0, 0.1) is 11.8 Å². The molecule has 31 heavy (non-hydrogen) atoms. The van der Waals surface area contributed by atoms with Crippen LogP contribution in [0.4, 0.5) is 0 Å². The third-order valence-electron chi connectivity index (χ3n) is 7.64. The average Bonchev–Trinajstić information content (AvgIpc) is 2.72. The van der Waals surface area contributed by atoms with Gasteiger partial charge in [-0.2, -0.15) is 0 Å². The summed E-state index contributed by atoms with van der Waals surface area (Å²) in [4.78, 5) is 0. The first-order valence-electron chi connectivity index (χ1n) is 12.6. The first kappa shape index (κ1) is 30.4. The molecule has 0 aromatic carbocycles. The lowest BCUT2D eigenvalue weighted by atomic mass is 10.1. The van der Waals surface area contributed by atoms with Gasteiger partial charge in [0.25, 0.3) is 0 Å². The van der Waals surface area contributed by atoms with E-state index in [4.69, 9.17) is 4.43 Å². The first-order chi connectivity index (χ1) is 14.6. The van der Waals surface area contributed by atoms with Crippen LogP contribution in [0.3, 0.4) is 0 Å². The summed E-state index contributed by atoms with van der Waals surface area (Å²) in [5, 5.41) is 11.2. The van der Waals surface area contributed by atoms with Crippen molar-refractivity contribution in [2.24, 2.45) is 0 Å². The van der Waals surface area contributed by atoms with Crippen LogP contribution < -0.4 is 0 Å². The molecule has 0 rings (SSSR count). The molecular weight excluding hydrogens is 412 g/mol. The van der Waals surface area contributed by atoms with Crippen LogP contribution in [0.15, 0.2) is 22.9 Å². The van der Waals surface area contributed by atoms with Gasteiger partial charge in [0.15, 0.2) is 8.32 Å². The average molecular weight is 465 g/mol. The summed E-state index contributed by atoms with van der Waals surface area (Å²) >= 11 is 0. The van der Waals surface area contributed by atoms with E-state index in [2.05, 4.69) is 80.2 Å². The number of rotatable bonds is 15.